The fraction of sp³-hybridized carbons (Fsp3) is 0.0714. The van der Waals surface area contributed by atoms with Gasteiger partial charge < -0.3 is 0 Å². The first kappa shape index (κ1) is 21.4. The molecule has 5 rings (SSSR count). The standard InChI is InChI=1S/C28H22FN5/c1-4-8-21-18(5-2)11-12-30-27(21)23-14-26(22-9-6-7-10-25(22)29)33-28-24(23)13-19(15-31-28)20-16-32-34(3)17-20/h4-17H,2H2,1,3H3/b8-4-. The monoisotopic (exact) mass is 447 g/mol. The lowest BCUT2D eigenvalue weighted by molar-refractivity contribution is 0.631. The second-order valence-electron chi connectivity index (χ2n) is 7.90. The van der Waals surface area contributed by atoms with E-state index in [0.29, 0.717) is 16.9 Å². The summed E-state index contributed by atoms with van der Waals surface area (Å²) in [5.74, 6) is -0.339. The van der Waals surface area contributed by atoms with Crippen molar-refractivity contribution in [2.24, 2.45) is 7.05 Å². The highest BCUT2D eigenvalue weighted by molar-refractivity contribution is 5.98. The highest BCUT2D eigenvalue weighted by atomic mass is 19.1. The molecule has 0 saturated heterocycles. The molecule has 0 saturated carbocycles. The molecule has 0 aliphatic rings. The van der Waals surface area contributed by atoms with Gasteiger partial charge in [-0.15, -0.1) is 0 Å². The summed E-state index contributed by atoms with van der Waals surface area (Å²) in [5, 5.41) is 5.10. The Morgan fingerprint density at radius 3 is 2.59 bits per heavy atom. The molecule has 5 aromatic rings. The molecule has 0 radical (unpaired) electrons. The van der Waals surface area contributed by atoms with Gasteiger partial charge in [-0.1, -0.05) is 36.9 Å². The molecule has 6 heteroatoms. The lowest BCUT2D eigenvalue weighted by Crippen LogP contribution is -1.98. The Hall–Kier alpha value is -4.45. The van der Waals surface area contributed by atoms with Crippen LogP contribution in [-0.2, 0) is 7.05 Å². The van der Waals surface area contributed by atoms with Crippen molar-refractivity contribution in [3.8, 4) is 33.6 Å². The lowest BCUT2D eigenvalue weighted by atomic mass is 9.96. The second-order valence-corrected chi connectivity index (χ2v) is 7.90. The second kappa shape index (κ2) is 8.83. The van der Waals surface area contributed by atoms with Gasteiger partial charge in [0.2, 0.25) is 0 Å². The van der Waals surface area contributed by atoms with E-state index in [1.165, 1.54) is 6.07 Å². The molecule has 4 aromatic heterocycles. The molecule has 1 aromatic carbocycles. The molecule has 4 heterocycles. The number of allylic oxidation sites excluding steroid dienone is 1. The van der Waals surface area contributed by atoms with E-state index in [1.54, 1.807) is 47.5 Å². The molecule has 0 N–H and O–H groups in total. The van der Waals surface area contributed by atoms with Gasteiger partial charge in [0.15, 0.2) is 5.65 Å². The van der Waals surface area contributed by atoms with Crippen LogP contribution in [0.3, 0.4) is 0 Å². The molecule has 0 amide bonds. The third-order valence-corrected chi connectivity index (χ3v) is 5.68. The number of halogens is 1. The number of pyridine rings is 3. The van der Waals surface area contributed by atoms with Crippen LogP contribution in [0.15, 0.2) is 79.9 Å². The highest BCUT2D eigenvalue weighted by Crippen LogP contribution is 2.36. The smallest absolute Gasteiger partial charge is 0.160 e. The molecule has 0 fully saturated rings. The van der Waals surface area contributed by atoms with Crippen molar-refractivity contribution in [3.63, 3.8) is 0 Å². The van der Waals surface area contributed by atoms with E-state index in [1.807, 2.05) is 50.5 Å². The number of fused-ring (bicyclic) bond motifs is 1. The van der Waals surface area contributed by atoms with E-state index >= 15 is 0 Å². The van der Waals surface area contributed by atoms with E-state index < -0.39 is 0 Å². The van der Waals surface area contributed by atoms with Crippen molar-refractivity contribution in [2.45, 2.75) is 6.92 Å². The van der Waals surface area contributed by atoms with Crippen LogP contribution in [0, 0.1) is 5.82 Å². The number of rotatable bonds is 5. The van der Waals surface area contributed by atoms with Crippen LogP contribution in [0.4, 0.5) is 4.39 Å². The summed E-state index contributed by atoms with van der Waals surface area (Å²) in [6.07, 6.45) is 13.0. The summed E-state index contributed by atoms with van der Waals surface area (Å²) in [6, 6.07) is 12.5. The zero-order valence-corrected chi connectivity index (χ0v) is 18.9. The van der Waals surface area contributed by atoms with Gasteiger partial charge in [-0.25, -0.2) is 14.4 Å². The van der Waals surface area contributed by atoms with Gasteiger partial charge in [-0.05, 0) is 42.8 Å². The molecule has 0 aliphatic heterocycles. The van der Waals surface area contributed by atoms with E-state index in [2.05, 4.69) is 16.7 Å². The number of hydrogen-bond donors (Lipinski definition) is 0. The normalized spacial score (nSPS) is 11.4. The van der Waals surface area contributed by atoms with E-state index in [0.717, 1.165) is 38.9 Å². The number of nitrogens with zero attached hydrogens (tertiary/aromatic N) is 5. The first-order valence-corrected chi connectivity index (χ1v) is 10.9. The Morgan fingerprint density at radius 2 is 1.85 bits per heavy atom. The maximum Gasteiger partial charge on any atom is 0.160 e. The Labute approximate surface area is 197 Å². The number of benzene rings is 1. The third kappa shape index (κ3) is 3.79. The number of aryl methyl sites for hydroxylation is 1. The summed E-state index contributed by atoms with van der Waals surface area (Å²) in [7, 11) is 1.87. The lowest BCUT2D eigenvalue weighted by Gasteiger charge is -2.14. The summed E-state index contributed by atoms with van der Waals surface area (Å²) >= 11 is 0. The number of hydrogen-bond acceptors (Lipinski definition) is 4. The molecule has 0 aliphatic carbocycles. The SMILES string of the molecule is C=Cc1ccnc(-c2cc(-c3ccccc3F)nc3ncc(-c4cnn(C)c4)cc23)c1/C=C\C. The van der Waals surface area contributed by atoms with Crippen molar-refractivity contribution in [2.75, 3.05) is 0 Å². The maximum absolute atomic E-state index is 14.7. The minimum Gasteiger partial charge on any atom is -0.275 e. The van der Waals surface area contributed by atoms with Crippen LogP contribution in [0.1, 0.15) is 18.1 Å². The van der Waals surface area contributed by atoms with Crippen LogP contribution in [0.2, 0.25) is 0 Å². The first-order chi connectivity index (χ1) is 16.6. The fourth-order valence-corrected chi connectivity index (χ4v) is 4.06. The van der Waals surface area contributed by atoms with Crippen LogP contribution in [0.25, 0.3) is 56.8 Å². The summed E-state index contributed by atoms with van der Waals surface area (Å²) < 4.78 is 16.5. The minimum atomic E-state index is -0.339. The Bertz CT molecular complexity index is 1560. The van der Waals surface area contributed by atoms with Crippen molar-refractivity contribution in [1.82, 2.24) is 24.7 Å². The molecule has 0 atom stereocenters. The van der Waals surface area contributed by atoms with Gasteiger partial charge >= 0.3 is 0 Å². The van der Waals surface area contributed by atoms with Crippen LogP contribution in [0.5, 0.6) is 0 Å². The molecule has 0 spiro atoms. The largest absolute Gasteiger partial charge is 0.275 e. The van der Waals surface area contributed by atoms with Gasteiger partial charge in [0.1, 0.15) is 5.82 Å². The minimum absolute atomic E-state index is 0.339. The molecule has 0 unspecified atom stereocenters. The van der Waals surface area contributed by atoms with E-state index in [-0.39, 0.29) is 5.82 Å². The molecule has 34 heavy (non-hydrogen) atoms. The average molecular weight is 448 g/mol. The van der Waals surface area contributed by atoms with Crippen molar-refractivity contribution in [3.05, 3.63) is 96.9 Å². The van der Waals surface area contributed by atoms with Gasteiger partial charge in [0.25, 0.3) is 0 Å². The van der Waals surface area contributed by atoms with Gasteiger partial charge in [-0.3, -0.25) is 9.67 Å². The molecular formula is C28H22FN5. The maximum atomic E-state index is 14.7. The predicted octanol–water partition coefficient (Wildman–Crippen LogP) is 6.57. The van der Waals surface area contributed by atoms with E-state index in [4.69, 9.17) is 9.97 Å². The highest BCUT2D eigenvalue weighted by Gasteiger charge is 2.17. The Morgan fingerprint density at radius 1 is 1.00 bits per heavy atom. The van der Waals surface area contributed by atoms with Crippen LogP contribution < -0.4 is 0 Å². The van der Waals surface area contributed by atoms with E-state index in [9.17, 15) is 4.39 Å². The summed E-state index contributed by atoms with van der Waals surface area (Å²) in [5.41, 5.74) is 6.74. The van der Waals surface area contributed by atoms with Crippen molar-refractivity contribution in [1.29, 1.82) is 0 Å². The first-order valence-electron chi connectivity index (χ1n) is 10.9. The zero-order valence-electron chi connectivity index (χ0n) is 18.9. The van der Waals surface area contributed by atoms with Gasteiger partial charge in [-0.2, -0.15) is 5.10 Å². The molecule has 5 nitrogen and oxygen atoms in total. The fourth-order valence-electron chi connectivity index (χ4n) is 4.06. The molecule has 0 bridgehead atoms. The average Bonchev–Trinajstić information content (AvgIpc) is 3.30. The predicted molar refractivity (Wildman–Crippen MR) is 135 cm³/mol. The molecule has 166 valence electrons. The third-order valence-electron chi connectivity index (χ3n) is 5.68. The number of aromatic nitrogens is 5. The Balaban J connectivity index is 1.85. The van der Waals surface area contributed by atoms with Gasteiger partial charge in [0, 0.05) is 58.8 Å². The summed E-state index contributed by atoms with van der Waals surface area (Å²) in [6.45, 7) is 5.92. The van der Waals surface area contributed by atoms with Crippen LogP contribution >= 0.6 is 0 Å². The zero-order chi connectivity index (χ0) is 23.7. The summed E-state index contributed by atoms with van der Waals surface area (Å²) in [4.78, 5) is 14.1. The topological polar surface area (TPSA) is 56.5 Å². The van der Waals surface area contributed by atoms with Crippen molar-refractivity contribution < 1.29 is 4.39 Å². The van der Waals surface area contributed by atoms with Gasteiger partial charge in [0.05, 0.1) is 17.6 Å². The Kier molecular flexibility index (Phi) is 5.55. The van der Waals surface area contributed by atoms with Crippen LogP contribution in [-0.4, -0.2) is 24.7 Å². The van der Waals surface area contributed by atoms with Crippen molar-refractivity contribution >= 4 is 23.2 Å². The molecular weight excluding hydrogens is 425 g/mol. The quantitative estimate of drug-likeness (QED) is 0.306.